The molecule has 0 aromatic carbocycles. The van der Waals surface area contributed by atoms with Gasteiger partial charge in [-0.25, -0.2) is 0 Å². The van der Waals surface area contributed by atoms with Crippen molar-refractivity contribution in [3.8, 4) is 0 Å². The summed E-state index contributed by atoms with van der Waals surface area (Å²) in [5.41, 5.74) is -0.533. The van der Waals surface area contributed by atoms with Crippen molar-refractivity contribution >= 4 is 15.9 Å². The first kappa shape index (κ1) is 10.2. The fraction of sp³-hybridized carbons (Fsp3) is 1.00. The summed E-state index contributed by atoms with van der Waals surface area (Å²) >= 11 is 3.46. The van der Waals surface area contributed by atoms with E-state index in [1.165, 1.54) is 6.42 Å². The van der Waals surface area contributed by atoms with Crippen molar-refractivity contribution in [3.63, 3.8) is 0 Å². The quantitative estimate of drug-likeness (QED) is 0.292. The van der Waals surface area contributed by atoms with Crippen molar-refractivity contribution < 1.29 is 9.72 Å². The van der Waals surface area contributed by atoms with E-state index >= 15 is 0 Å². The van der Waals surface area contributed by atoms with Crippen LogP contribution in [0.2, 0.25) is 0 Å². The second-order valence-corrected chi connectivity index (χ2v) is 5.81. The summed E-state index contributed by atoms with van der Waals surface area (Å²) in [5, 5.41) is 23.0. The van der Waals surface area contributed by atoms with Gasteiger partial charge in [-0.1, -0.05) is 12.8 Å². The van der Waals surface area contributed by atoms with E-state index in [0.717, 1.165) is 32.1 Å². The number of hydrogen-bond donors (Lipinski definition) is 0. The van der Waals surface area contributed by atoms with Crippen molar-refractivity contribution in [2.45, 2.75) is 55.4 Å². The second kappa shape index (κ2) is 3.08. The number of fused-ring (bicyclic) bond motifs is 1. The molecule has 1 heterocycles. The summed E-state index contributed by atoms with van der Waals surface area (Å²) in [7, 11) is 0. The minimum absolute atomic E-state index is 0.533. The van der Waals surface area contributed by atoms with Gasteiger partial charge in [0.15, 0.2) is 0 Å². The maximum Gasteiger partial charge on any atom is 0.360 e. The smallest absolute Gasteiger partial charge is 0.360 e. The maximum atomic E-state index is 11.5. The summed E-state index contributed by atoms with van der Waals surface area (Å²) in [5.74, 6) is 0. The summed E-state index contributed by atoms with van der Waals surface area (Å²) in [6.45, 7) is 1.88. The molecule has 1 fully saturated rings. The molecule has 0 radical (unpaired) electrons. The molecule has 2 rings (SSSR count). The summed E-state index contributed by atoms with van der Waals surface area (Å²) in [6, 6.07) is 0. The van der Waals surface area contributed by atoms with Gasteiger partial charge in [0.25, 0.3) is 0 Å². The van der Waals surface area contributed by atoms with Crippen molar-refractivity contribution in [2.75, 3.05) is 0 Å². The lowest BCUT2D eigenvalue weighted by Gasteiger charge is -2.42. The van der Waals surface area contributed by atoms with Crippen molar-refractivity contribution in [1.29, 1.82) is 0 Å². The summed E-state index contributed by atoms with van der Waals surface area (Å²) in [4.78, 5) is 1.14. The van der Waals surface area contributed by atoms with Gasteiger partial charge >= 0.3 is 9.99 Å². The van der Waals surface area contributed by atoms with E-state index in [1.807, 2.05) is 6.92 Å². The molecule has 2 aliphatic rings. The lowest BCUT2D eigenvalue weighted by atomic mass is 9.79. The fourth-order valence-corrected chi connectivity index (χ4v) is 3.26. The Morgan fingerprint density at radius 2 is 1.57 bits per heavy atom. The molecule has 0 amide bonds. The summed E-state index contributed by atoms with van der Waals surface area (Å²) in [6.07, 6.45) is 5.97. The van der Waals surface area contributed by atoms with Crippen molar-refractivity contribution in [1.82, 2.24) is 0 Å². The standard InChI is InChI=1S/C9H15BrN2O2/c1-8-6-4-2-3-5-7-9(8,10)12(14)11(8)13/h2-7H2,1H3. The Morgan fingerprint density at radius 1 is 1.00 bits per heavy atom. The van der Waals surface area contributed by atoms with E-state index in [9.17, 15) is 10.4 Å². The third kappa shape index (κ3) is 1.05. The Labute approximate surface area is 91.9 Å². The largest absolute Gasteiger partial charge is 0.566 e. The highest BCUT2D eigenvalue weighted by Crippen LogP contribution is 2.49. The molecular formula is C9H15BrN2O2. The monoisotopic (exact) mass is 262 g/mol. The topological polar surface area (TPSA) is 52.1 Å². The highest BCUT2D eigenvalue weighted by atomic mass is 79.9. The molecule has 0 aromatic heterocycles. The normalized spacial score (nSPS) is 43.6. The molecule has 4 nitrogen and oxygen atoms in total. The SMILES string of the molecule is CC12CCCCCCC1(Br)[N+]([O-])=[N+]2[O-]. The van der Waals surface area contributed by atoms with Crippen LogP contribution in [0.25, 0.3) is 0 Å². The lowest BCUT2D eigenvalue weighted by Crippen LogP contribution is -2.71. The first-order chi connectivity index (χ1) is 6.52. The average molecular weight is 263 g/mol. The van der Waals surface area contributed by atoms with Gasteiger partial charge in [-0.3, -0.25) is 0 Å². The van der Waals surface area contributed by atoms with E-state index in [1.54, 1.807) is 0 Å². The molecule has 0 aromatic rings. The number of alkyl halides is 1. The van der Waals surface area contributed by atoms with Gasteiger partial charge in [0.05, 0.1) is 9.72 Å². The highest BCUT2D eigenvalue weighted by Gasteiger charge is 2.75. The zero-order chi connectivity index (χ0) is 10.4. The molecule has 5 heteroatoms. The Balaban J connectivity index is 2.32. The average Bonchev–Trinajstić information content (AvgIpc) is 2.18. The number of hydroxylamine groups is 2. The van der Waals surface area contributed by atoms with Crippen LogP contribution in [0.4, 0.5) is 0 Å². The molecule has 1 saturated carbocycles. The molecule has 14 heavy (non-hydrogen) atoms. The molecule has 0 bridgehead atoms. The van der Waals surface area contributed by atoms with E-state index in [-0.39, 0.29) is 0 Å². The molecule has 1 aliphatic carbocycles. The molecule has 0 saturated heterocycles. The van der Waals surface area contributed by atoms with Gasteiger partial charge in [-0.05, 0) is 12.8 Å². The van der Waals surface area contributed by atoms with Gasteiger partial charge in [0, 0.05) is 35.7 Å². The molecule has 0 N–H and O–H groups in total. The zero-order valence-electron chi connectivity index (χ0n) is 8.33. The Kier molecular flexibility index (Phi) is 2.25. The van der Waals surface area contributed by atoms with Crippen LogP contribution in [-0.4, -0.2) is 19.7 Å². The molecule has 1 aliphatic heterocycles. The molecule has 2 atom stereocenters. The van der Waals surface area contributed by atoms with E-state index in [0.29, 0.717) is 9.72 Å². The Morgan fingerprint density at radius 3 is 2.21 bits per heavy atom. The van der Waals surface area contributed by atoms with Gasteiger partial charge < -0.3 is 10.4 Å². The summed E-state index contributed by atoms with van der Waals surface area (Å²) < 4.78 is -0.637. The van der Waals surface area contributed by atoms with Gasteiger partial charge in [0.2, 0.25) is 0 Å². The van der Waals surface area contributed by atoms with Crippen LogP contribution in [0.5, 0.6) is 0 Å². The third-order valence-corrected chi connectivity index (χ3v) is 5.19. The number of rotatable bonds is 0. The molecular weight excluding hydrogens is 248 g/mol. The van der Waals surface area contributed by atoms with E-state index < -0.39 is 9.99 Å². The minimum Gasteiger partial charge on any atom is -0.566 e. The van der Waals surface area contributed by atoms with Gasteiger partial charge in [0.1, 0.15) is 0 Å². The maximum absolute atomic E-state index is 11.5. The zero-order valence-corrected chi connectivity index (χ0v) is 9.92. The van der Waals surface area contributed by atoms with E-state index in [2.05, 4.69) is 15.9 Å². The molecule has 0 spiro atoms. The van der Waals surface area contributed by atoms with Gasteiger partial charge in [-0.15, -0.1) is 0 Å². The first-order valence-electron chi connectivity index (χ1n) is 5.16. The van der Waals surface area contributed by atoms with Crippen LogP contribution < -0.4 is 0 Å². The lowest BCUT2D eigenvalue weighted by molar-refractivity contribution is -1.10. The third-order valence-electron chi connectivity index (χ3n) is 3.64. The van der Waals surface area contributed by atoms with Crippen LogP contribution in [0.15, 0.2) is 0 Å². The fourth-order valence-electron chi connectivity index (χ4n) is 2.49. The van der Waals surface area contributed by atoms with Crippen LogP contribution in [-0.2, 0) is 0 Å². The molecule has 2 unspecified atom stereocenters. The second-order valence-electron chi connectivity index (χ2n) is 4.49. The molecule has 80 valence electrons. The number of nitrogens with zero attached hydrogens (tertiary/aromatic N) is 2. The highest BCUT2D eigenvalue weighted by molar-refractivity contribution is 9.10. The van der Waals surface area contributed by atoms with E-state index in [4.69, 9.17) is 0 Å². The van der Waals surface area contributed by atoms with Crippen LogP contribution >= 0.6 is 15.9 Å². The first-order valence-corrected chi connectivity index (χ1v) is 5.95. The van der Waals surface area contributed by atoms with Gasteiger partial charge in [-0.2, -0.15) is 0 Å². The number of halogens is 1. The van der Waals surface area contributed by atoms with Crippen molar-refractivity contribution in [3.05, 3.63) is 10.4 Å². The number of hydrogen-bond acceptors (Lipinski definition) is 2. The Bertz CT molecular complexity index is 267. The predicted octanol–water partition coefficient (Wildman–Crippen LogP) is 2.68. The van der Waals surface area contributed by atoms with Crippen molar-refractivity contribution in [2.24, 2.45) is 0 Å². The Hall–Kier alpha value is -0.320. The predicted molar refractivity (Wildman–Crippen MR) is 55.0 cm³/mol. The van der Waals surface area contributed by atoms with Crippen LogP contribution in [0, 0.1) is 10.4 Å². The number of azo groups is 1. The minimum atomic E-state index is -0.637. The van der Waals surface area contributed by atoms with Crippen LogP contribution in [0.1, 0.15) is 45.4 Å². The van der Waals surface area contributed by atoms with Crippen LogP contribution in [0.3, 0.4) is 0 Å².